The number of hydrogen-bond donors (Lipinski definition) is 2. The zero-order chi connectivity index (χ0) is 14.1. The van der Waals surface area contributed by atoms with E-state index in [0.29, 0.717) is 5.92 Å². The van der Waals surface area contributed by atoms with Crippen LogP contribution in [0.4, 0.5) is 5.69 Å². The van der Waals surface area contributed by atoms with E-state index in [-0.39, 0.29) is 5.91 Å². The second-order valence-corrected chi connectivity index (χ2v) is 6.44. The number of nitrogens with one attached hydrogen (secondary N) is 2. The first-order valence-corrected chi connectivity index (χ1v) is 7.74. The molecule has 2 aliphatic rings. The lowest BCUT2D eigenvalue weighted by atomic mass is 9.89. The van der Waals surface area contributed by atoms with Gasteiger partial charge in [-0.1, -0.05) is 18.1 Å². The molecule has 0 aliphatic heterocycles. The lowest BCUT2D eigenvalue weighted by molar-refractivity contribution is 0.0942. The Morgan fingerprint density at radius 2 is 2.15 bits per heavy atom. The fourth-order valence-electron chi connectivity index (χ4n) is 4.01. The largest absolute Gasteiger partial charge is 0.387 e. The van der Waals surface area contributed by atoms with Crippen LogP contribution in [0.5, 0.6) is 0 Å². The molecule has 2 N–H and O–H groups in total. The van der Waals surface area contributed by atoms with Crippen LogP contribution in [0.2, 0.25) is 0 Å². The van der Waals surface area contributed by atoms with Gasteiger partial charge in [0.2, 0.25) is 0 Å². The van der Waals surface area contributed by atoms with Crippen molar-refractivity contribution in [1.29, 1.82) is 0 Å². The van der Waals surface area contributed by atoms with E-state index in [0.717, 1.165) is 35.2 Å². The monoisotopic (exact) mass is 272 g/mol. The molecule has 2 fully saturated rings. The number of carbonyl (C=O) groups excluding carboxylic acids is 1. The molecular weight excluding hydrogens is 248 g/mol. The van der Waals surface area contributed by atoms with Gasteiger partial charge in [0.1, 0.15) is 0 Å². The van der Waals surface area contributed by atoms with E-state index in [1.54, 1.807) is 0 Å². The average Bonchev–Trinajstić information content (AvgIpc) is 3.07. The first-order valence-electron chi connectivity index (χ1n) is 7.74. The minimum atomic E-state index is 0.0563. The summed E-state index contributed by atoms with van der Waals surface area (Å²) in [6, 6.07) is 5.96. The van der Waals surface area contributed by atoms with Crippen LogP contribution < -0.4 is 10.6 Å². The molecule has 3 nitrogen and oxygen atoms in total. The van der Waals surface area contributed by atoms with Crippen molar-refractivity contribution in [3.05, 3.63) is 29.3 Å². The Bertz CT molecular complexity index is 512. The van der Waals surface area contributed by atoms with Crippen LogP contribution in [0.15, 0.2) is 18.2 Å². The quantitative estimate of drug-likeness (QED) is 0.883. The first-order chi connectivity index (χ1) is 9.67. The fourth-order valence-corrected chi connectivity index (χ4v) is 4.01. The molecule has 0 saturated heterocycles. The number of benzene rings is 1. The molecule has 2 saturated carbocycles. The van der Waals surface area contributed by atoms with E-state index in [1.165, 1.54) is 25.7 Å². The van der Waals surface area contributed by atoms with Gasteiger partial charge in [0, 0.05) is 19.3 Å². The summed E-state index contributed by atoms with van der Waals surface area (Å²) in [6.45, 7) is 2.86. The summed E-state index contributed by atoms with van der Waals surface area (Å²) in [7, 11) is 1.86. The van der Waals surface area contributed by atoms with Gasteiger partial charge in [-0.3, -0.25) is 4.79 Å². The number of fused-ring (bicyclic) bond motifs is 2. The van der Waals surface area contributed by atoms with Crippen molar-refractivity contribution in [2.75, 3.05) is 18.9 Å². The molecule has 1 amide bonds. The highest BCUT2D eigenvalue weighted by atomic mass is 16.1. The molecule has 0 aromatic heterocycles. The third-order valence-corrected chi connectivity index (χ3v) is 5.10. The first kappa shape index (κ1) is 13.5. The molecule has 0 radical (unpaired) electrons. The van der Waals surface area contributed by atoms with Gasteiger partial charge >= 0.3 is 0 Å². The lowest BCUT2D eigenvalue weighted by Crippen LogP contribution is -2.32. The standard InChI is InChI=1S/C17H24N2O/c1-11-3-6-16(18-2)15(7-11)17(20)19-10-14-9-12-4-5-13(14)8-12/h3,6-7,12-14,18H,4-5,8-10H2,1-2H3,(H,19,20). The minimum Gasteiger partial charge on any atom is -0.387 e. The van der Waals surface area contributed by atoms with Gasteiger partial charge in [-0.05, 0) is 56.1 Å². The van der Waals surface area contributed by atoms with Crippen LogP contribution in [0.1, 0.15) is 41.6 Å². The number of rotatable bonds is 4. The molecule has 2 aliphatic carbocycles. The van der Waals surface area contributed by atoms with Crippen LogP contribution in [0.3, 0.4) is 0 Å². The van der Waals surface area contributed by atoms with E-state index in [9.17, 15) is 4.79 Å². The van der Waals surface area contributed by atoms with Gasteiger partial charge in [-0.15, -0.1) is 0 Å². The Labute approximate surface area is 121 Å². The Kier molecular flexibility index (Phi) is 3.68. The smallest absolute Gasteiger partial charge is 0.253 e. The summed E-state index contributed by atoms with van der Waals surface area (Å²) in [5.41, 5.74) is 2.78. The third-order valence-electron chi connectivity index (χ3n) is 5.10. The van der Waals surface area contributed by atoms with Crippen LogP contribution in [0, 0.1) is 24.7 Å². The van der Waals surface area contributed by atoms with Crippen molar-refractivity contribution in [2.24, 2.45) is 17.8 Å². The topological polar surface area (TPSA) is 41.1 Å². The Balaban J connectivity index is 1.63. The second kappa shape index (κ2) is 5.47. The number of carbonyl (C=O) groups is 1. The van der Waals surface area contributed by atoms with Crippen molar-refractivity contribution in [2.45, 2.75) is 32.6 Å². The number of hydrogen-bond acceptors (Lipinski definition) is 2. The minimum absolute atomic E-state index is 0.0563. The number of amides is 1. The highest BCUT2D eigenvalue weighted by Crippen LogP contribution is 2.47. The molecule has 3 unspecified atom stereocenters. The fraction of sp³-hybridized carbons (Fsp3) is 0.588. The lowest BCUT2D eigenvalue weighted by Gasteiger charge is -2.22. The normalized spacial score (nSPS) is 27.6. The van der Waals surface area contributed by atoms with E-state index in [1.807, 2.05) is 32.2 Å². The molecule has 1 aromatic carbocycles. The molecular formula is C17H24N2O. The summed E-state index contributed by atoms with van der Waals surface area (Å²) in [6.07, 6.45) is 5.50. The molecule has 3 heteroatoms. The SMILES string of the molecule is CNc1ccc(C)cc1C(=O)NCC1CC2CCC1C2. The summed E-state index contributed by atoms with van der Waals surface area (Å²) < 4.78 is 0. The number of aryl methyl sites for hydroxylation is 1. The van der Waals surface area contributed by atoms with Gasteiger partial charge in [0.25, 0.3) is 5.91 Å². The average molecular weight is 272 g/mol. The highest BCUT2D eigenvalue weighted by molar-refractivity contribution is 5.99. The predicted molar refractivity (Wildman–Crippen MR) is 82.0 cm³/mol. The van der Waals surface area contributed by atoms with Crippen LogP contribution >= 0.6 is 0 Å². The maximum atomic E-state index is 12.4. The van der Waals surface area contributed by atoms with Crippen LogP contribution in [-0.4, -0.2) is 19.5 Å². The van der Waals surface area contributed by atoms with Crippen LogP contribution in [0.25, 0.3) is 0 Å². The van der Waals surface area contributed by atoms with Crippen molar-refractivity contribution in [3.8, 4) is 0 Å². The molecule has 0 heterocycles. The van der Waals surface area contributed by atoms with Gasteiger partial charge in [-0.2, -0.15) is 0 Å². The maximum Gasteiger partial charge on any atom is 0.253 e. The van der Waals surface area contributed by atoms with Gasteiger partial charge in [0.15, 0.2) is 0 Å². The zero-order valence-electron chi connectivity index (χ0n) is 12.4. The summed E-state index contributed by atoms with van der Waals surface area (Å²) in [5, 5.41) is 6.25. The molecule has 0 spiro atoms. The molecule has 1 aromatic rings. The molecule has 20 heavy (non-hydrogen) atoms. The van der Waals surface area contributed by atoms with Gasteiger partial charge in [-0.25, -0.2) is 0 Å². The Hall–Kier alpha value is -1.51. The summed E-state index contributed by atoms with van der Waals surface area (Å²) in [4.78, 5) is 12.4. The van der Waals surface area contributed by atoms with E-state index < -0.39 is 0 Å². The number of anilines is 1. The van der Waals surface area contributed by atoms with Gasteiger partial charge < -0.3 is 10.6 Å². The van der Waals surface area contributed by atoms with Crippen molar-refractivity contribution < 1.29 is 4.79 Å². The predicted octanol–water partition coefficient (Wildman–Crippen LogP) is 3.20. The van der Waals surface area contributed by atoms with Gasteiger partial charge in [0.05, 0.1) is 5.56 Å². The Morgan fingerprint density at radius 3 is 2.80 bits per heavy atom. The summed E-state index contributed by atoms with van der Waals surface area (Å²) >= 11 is 0. The van der Waals surface area contributed by atoms with Crippen molar-refractivity contribution in [3.63, 3.8) is 0 Å². The molecule has 2 bridgehead atoms. The highest BCUT2D eigenvalue weighted by Gasteiger charge is 2.39. The van der Waals surface area contributed by atoms with E-state index >= 15 is 0 Å². The van der Waals surface area contributed by atoms with Crippen molar-refractivity contribution >= 4 is 11.6 Å². The summed E-state index contributed by atoms with van der Waals surface area (Å²) in [5.74, 6) is 2.57. The van der Waals surface area contributed by atoms with Crippen molar-refractivity contribution in [1.82, 2.24) is 5.32 Å². The molecule has 108 valence electrons. The Morgan fingerprint density at radius 1 is 1.30 bits per heavy atom. The van der Waals surface area contributed by atoms with E-state index in [4.69, 9.17) is 0 Å². The van der Waals surface area contributed by atoms with E-state index in [2.05, 4.69) is 10.6 Å². The second-order valence-electron chi connectivity index (χ2n) is 6.44. The zero-order valence-corrected chi connectivity index (χ0v) is 12.4. The third kappa shape index (κ3) is 2.54. The molecule has 3 rings (SSSR count). The van der Waals surface area contributed by atoms with Crippen LogP contribution in [-0.2, 0) is 0 Å². The molecule has 3 atom stereocenters. The maximum absolute atomic E-state index is 12.4.